The Kier molecular flexibility index (Phi) is 4.50. The van der Waals surface area contributed by atoms with Gasteiger partial charge in [-0.25, -0.2) is 14.1 Å². The van der Waals surface area contributed by atoms with Crippen LogP contribution in [0.25, 0.3) is 0 Å². The highest BCUT2D eigenvalue weighted by molar-refractivity contribution is 6.31. The summed E-state index contributed by atoms with van der Waals surface area (Å²) in [7, 11) is 0. The lowest BCUT2D eigenvalue weighted by Crippen LogP contribution is -2.24. The summed E-state index contributed by atoms with van der Waals surface area (Å²) in [4.78, 5) is 4.20. The van der Waals surface area contributed by atoms with Crippen LogP contribution in [0.5, 0.6) is 0 Å². The Morgan fingerprint density at radius 3 is 2.89 bits per heavy atom. The van der Waals surface area contributed by atoms with Crippen LogP contribution in [0.15, 0.2) is 24.5 Å². The van der Waals surface area contributed by atoms with E-state index in [1.54, 1.807) is 10.7 Å². The second kappa shape index (κ2) is 6.12. The van der Waals surface area contributed by atoms with E-state index in [1.165, 1.54) is 18.5 Å². The summed E-state index contributed by atoms with van der Waals surface area (Å²) in [5, 5.41) is 7.85. The monoisotopic (exact) mass is 282 g/mol. The molecular weight excluding hydrogens is 267 g/mol. The molecular formula is C13H16ClFN4. The van der Waals surface area contributed by atoms with Gasteiger partial charge < -0.3 is 5.32 Å². The molecule has 1 N–H and O–H groups in total. The van der Waals surface area contributed by atoms with Crippen molar-refractivity contribution < 1.29 is 4.39 Å². The third-order valence-electron chi connectivity index (χ3n) is 2.70. The molecule has 0 aliphatic rings. The molecule has 1 aromatic heterocycles. The first-order valence-corrected chi connectivity index (χ1v) is 6.48. The van der Waals surface area contributed by atoms with Gasteiger partial charge in [0.05, 0.1) is 13.1 Å². The Morgan fingerprint density at radius 2 is 2.21 bits per heavy atom. The summed E-state index contributed by atoms with van der Waals surface area (Å²) in [6.07, 6.45) is 1.51. The molecule has 0 atom stereocenters. The number of nitrogens with one attached hydrogen (secondary N) is 1. The molecule has 2 rings (SSSR count). The Bertz CT molecular complexity index is 553. The van der Waals surface area contributed by atoms with Gasteiger partial charge >= 0.3 is 0 Å². The zero-order valence-electron chi connectivity index (χ0n) is 10.9. The van der Waals surface area contributed by atoms with E-state index in [-0.39, 0.29) is 5.82 Å². The van der Waals surface area contributed by atoms with Crippen molar-refractivity contribution >= 4 is 11.6 Å². The minimum absolute atomic E-state index is 0.339. The minimum atomic E-state index is -0.339. The van der Waals surface area contributed by atoms with Crippen LogP contribution in [0.4, 0.5) is 4.39 Å². The van der Waals surface area contributed by atoms with Crippen molar-refractivity contribution in [2.24, 2.45) is 0 Å². The molecule has 0 aliphatic heterocycles. The van der Waals surface area contributed by atoms with Gasteiger partial charge in [0.15, 0.2) is 0 Å². The summed E-state index contributed by atoms with van der Waals surface area (Å²) in [5.41, 5.74) is 0.819. The first kappa shape index (κ1) is 14.0. The molecule has 0 fully saturated rings. The third-order valence-corrected chi connectivity index (χ3v) is 3.05. The van der Waals surface area contributed by atoms with E-state index < -0.39 is 0 Å². The summed E-state index contributed by atoms with van der Waals surface area (Å²) in [5.74, 6) is 0.489. The third kappa shape index (κ3) is 3.75. The molecule has 0 unspecified atom stereocenters. The lowest BCUT2D eigenvalue weighted by molar-refractivity contribution is 0.538. The van der Waals surface area contributed by atoms with Crippen LogP contribution in [0.3, 0.4) is 0 Å². The van der Waals surface area contributed by atoms with Crippen LogP contribution in [0.1, 0.15) is 25.2 Å². The van der Waals surface area contributed by atoms with E-state index in [9.17, 15) is 4.39 Å². The van der Waals surface area contributed by atoms with Gasteiger partial charge in [-0.2, -0.15) is 5.10 Å². The van der Waals surface area contributed by atoms with Gasteiger partial charge in [-0.15, -0.1) is 0 Å². The van der Waals surface area contributed by atoms with E-state index in [2.05, 4.69) is 29.2 Å². The Morgan fingerprint density at radius 1 is 1.42 bits per heavy atom. The Balaban J connectivity index is 2.12. The summed E-state index contributed by atoms with van der Waals surface area (Å²) < 4.78 is 14.7. The average molecular weight is 283 g/mol. The zero-order chi connectivity index (χ0) is 13.8. The smallest absolute Gasteiger partial charge is 0.141 e. The predicted octanol–water partition coefficient (Wildman–Crippen LogP) is 2.62. The minimum Gasteiger partial charge on any atom is -0.308 e. The van der Waals surface area contributed by atoms with Crippen LogP contribution in [0.2, 0.25) is 5.02 Å². The topological polar surface area (TPSA) is 42.7 Å². The Labute approximate surface area is 116 Å². The van der Waals surface area contributed by atoms with Crippen LogP contribution >= 0.6 is 11.6 Å². The fourth-order valence-electron chi connectivity index (χ4n) is 1.66. The van der Waals surface area contributed by atoms with Crippen LogP contribution in [-0.2, 0) is 13.1 Å². The van der Waals surface area contributed by atoms with Crippen molar-refractivity contribution in [3.63, 3.8) is 0 Å². The maximum Gasteiger partial charge on any atom is 0.141 e. The number of rotatable bonds is 5. The number of halogens is 2. The number of hydrogen-bond acceptors (Lipinski definition) is 3. The normalized spacial score (nSPS) is 11.2. The van der Waals surface area contributed by atoms with Crippen molar-refractivity contribution in [1.82, 2.24) is 20.1 Å². The number of benzene rings is 1. The molecule has 6 heteroatoms. The maximum absolute atomic E-state index is 13.0. The van der Waals surface area contributed by atoms with E-state index in [1.807, 2.05) is 0 Å². The summed E-state index contributed by atoms with van der Waals surface area (Å²) >= 11 is 6.01. The number of nitrogens with zero attached hydrogens (tertiary/aromatic N) is 3. The molecule has 2 aromatic rings. The lowest BCUT2D eigenvalue weighted by atomic mass is 10.2. The molecule has 1 aromatic carbocycles. The maximum atomic E-state index is 13.0. The van der Waals surface area contributed by atoms with Gasteiger partial charge in [-0.3, -0.25) is 0 Å². The van der Waals surface area contributed by atoms with Gasteiger partial charge in [0.25, 0.3) is 0 Å². The van der Waals surface area contributed by atoms with Crippen LogP contribution in [-0.4, -0.2) is 20.8 Å². The summed E-state index contributed by atoms with van der Waals surface area (Å²) in [6.45, 7) is 5.25. The molecule has 19 heavy (non-hydrogen) atoms. The molecule has 0 radical (unpaired) electrons. The Hall–Kier alpha value is -1.46. The second-order valence-corrected chi connectivity index (χ2v) is 5.01. The predicted molar refractivity (Wildman–Crippen MR) is 72.5 cm³/mol. The molecule has 0 saturated carbocycles. The standard InChI is InChI=1S/C13H16ClFN4/c1-9(2)16-6-13-17-8-18-19(13)7-10-3-4-11(15)5-12(10)14/h3-5,8-9,16H,6-7H2,1-2H3. The summed E-state index contributed by atoms with van der Waals surface area (Å²) in [6, 6.07) is 4.74. The van der Waals surface area contributed by atoms with Crippen molar-refractivity contribution in [2.45, 2.75) is 33.0 Å². The van der Waals surface area contributed by atoms with Crippen molar-refractivity contribution in [1.29, 1.82) is 0 Å². The molecule has 0 amide bonds. The first-order valence-electron chi connectivity index (χ1n) is 6.10. The molecule has 102 valence electrons. The van der Waals surface area contributed by atoms with E-state index in [4.69, 9.17) is 11.6 Å². The molecule has 1 heterocycles. The van der Waals surface area contributed by atoms with Crippen molar-refractivity contribution in [2.75, 3.05) is 0 Å². The molecule has 0 bridgehead atoms. The molecule has 0 aliphatic carbocycles. The quantitative estimate of drug-likeness (QED) is 0.917. The zero-order valence-corrected chi connectivity index (χ0v) is 11.7. The van der Waals surface area contributed by atoms with Crippen LogP contribution < -0.4 is 5.32 Å². The van der Waals surface area contributed by atoms with E-state index in [0.29, 0.717) is 24.2 Å². The SMILES string of the molecule is CC(C)NCc1ncnn1Cc1ccc(F)cc1Cl. The fraction of sp³-hybridized carbons (Fsp3) is 0.385. The van der Waals surface area contributed by atoms with Gasteiger partial charge in [-0.05, 0) is 17.7 Å². The first-order chi connectivity index (χ1) is 9.06. The van der Waals surface area contributed by atoms with Gasteiger partial charge in [-0.1, -0.05) is 31.5 Å². The molecule has 4 nitrogen and oxygen atoms in total. The van der Waals surface area contributed by atoms with Gasteiger partial charge in [0, 0.05) is 11.1 Å². The number of hydrogen-bond donors (Lipinski definition) is 1. The lowest BCUT2D eigenvalue weighted by Gasteiger charge is -2.10. The molecule has 0 saturated heterocycles. The van der Waals surface area contributed by atoms with Crippen molar-refractivity contribution in [3.8, 4) is 0 Å². The van der Waals surface area contributed by atoms with Gasteiger partial charge in [0.1, 0.15) is 18.0 Å². The molecule has 0 spiro atoms. The highest BCUT2D eigenvalue weighted by atomic mass is 35.5. The second-order valence-electron chi connectivity index (χ2n) is 4.61. The largest absolute Gasteiger partial charge is 0.308 e. The van der Waals surface area contributed by atoms with Gasteiger partial charge in [0.2, 0.25) is 0 Å². The fourth-order valence-corrected chi connectivity index (χ4v) is 1.89. The average Bonchev–Trinajstić information content (AvgIpc) is 2.77. The number of aromatic nitrogens is 3. The van der Waals surface area contributed by atoms with E-state index >= 15 is 0 Å². The van der Waals surface area contributed by atoms with E-state index in [0.717, 1.165) is 11.4 Å². The van der Waals surface area contributed by atoms with Crippen LogP contribution in [0, 0.1) is 5.82 Å². The van der Waals surface area contributed by atoms with Crippen molar-refractivity contribution in [3.05, 3.63) is 46.8 Å². The highest BCUT2D eigenvalue weighted by Crippen LogP contribution is 2.18. The highest BCUT2D eigenvalue weighted by Gasteiger charge is 2.08.